The van der Waals surface area contributed by atoms with Crippen LogP contribution in [0.5, 0.6) is 23.0 Å². The number of hydrogen-bond donors (Lipinski definition) is 2. The molecule has 9 rings (SSSR count). The summed E-state index contributed by atoms with van der Waals surface area (Å²) in [5, 5.41) is 7.32. The molecule has 2 atom stereocenters. The second-order valence-electron chi connectivity index (χ2n) is 16.0. The first kappa shape index (κ1) is 36.1. The first-order valence-electron chi connectivity index (χ1n) is 19.1. The van der Waals surface area contributed by atoms with E-state index in [9.17, 15) is 0 Å². The Balaban J connectivity index is 0.000000156. The maximum absolute atomic E-state index is 6.62. The monoisotopic (exact) mass is 730 g/mol. The number of methoxy groups -OCH3 is 2. The van der Waals surface area contributed by atoms with Crippen molar-refractivity contribution in [3.8, 4) is 45.3 Å². The molecule has 4 heterocycles. The molecule has 0 aromatic heterocycles. The molecule has 0 amide bonds. The highest BCUT2D eigenvalue weighted by Gasteiger charge is 2.37. The lowest BCUT2D eigenvalue weighted by Crippen LogP contribution is -2.32. The molecule has 2 N–H and O–H groups in total. The van der Waals surface area contributed by atoms with Gasteiger partial charge < -0.3 is 29.6 Å². The molecule has 0 spiro atoms. The smallest absolute Gasteiger partial charge is 0.150 e. The van der Waals surface area contributed by atoms with Crippen molar-refractivity contribution in [3.63, 3.8) is 0 Å². The molecule has 0 bridgehead atoms. The van der Waals surface area contributed by atoms with E-state index in [0.717, 1.165) is 57.5 Å². The van der Waals surface area contributed by atoms with E-state index in [1.165, 1.54) is 44.5 Å². The van der Waals surface area contributed by atoms with Gasteiger partial charge in [0.25, 0.3) is 0 Å². The van der Waals surface area contributed by atoms with Crippen LogP contribution < -0.4 is 29.6 Å². The third-order valence-corrected chi connectivity index (χ3v) is 10.9. The number of fused-ring (bicyclic) bond motifs is 10. The molecule has 5 aromatic rings. The van der Waals surface area contributed by atoms with Crippen LogP contribution in [0.4, 0.5) is 11.4 Å². The minimum atomic E-state index is -0.174. The van der Waals surface area contributed by atoms with Crippen LogP contribution >= 0.6 is 0 Å². The molecule has 4 aliphatic heterocycles. The summed E-state index contributed by atoms with van der Waals surface area (Å²) in [4.78, 5) is 0. The molecule has 2 unspecified atom stereocenters. The van der Waals surface area contributed by atoms with Gasteiger partial charge in [0.15, 0.2) is 6.10 Å². The van der Waals surface area contributed by atoms with Crippen LogP contribution in [0.2, 0.25) is 0 Å². The minimum absolute atomic E-state index is 0.0524. The first-order chi connectivity index (χ1) is 26.4. The van der Waals surface area contributed by atoms with E-state index >= 15 is 0 Å². The van der Waals surface area contributed by atoms with Crippen LogP contribution in [0.25, 0.3) is 33.4 Å². The van der Waals surface area contributed by atoms with Gasteiger partial charge in [-0.15, -0.1) is 6.58 Å². The van der Waals surface area contributed by atoms with Gasteiger partial charge in [0.1, 0.15) is 29.1 Å². The Bertz CT molecular complexity index is 2390. The van der Waals surface area contributed by atoms with Gasteiger partial charge in [0.2, 0.25) is 0 Å². The van der Waals surface area contributed by atoms with E-state index in [4.69, 9.17) is 18.9 Å². The second kappa shape index (κ2) is 13.8. The predicted molar refractivity (Wildman–Crippen MR) is 227 cm³/mol. The highest BCUT2D eigenvalue weighted by Crippen LogP contribution is 2.54. The number of rotatable bonds is 5. The van der Waals surface area contributed by atoms with Gasteiger partial charge in [0, 0.05) is 40.0 Å². The Morgan fingerprint density at radius 1 is 0.618 bits per heavy atom. The van der Waals surface area contributed by atoms with Crippen molar-refractivity contribution in [2.75, 3.05) is 24.9 Å². The lowest BCUT2D eigenvalue weighted by molar-refractivity contribution is 0.204. The number of hydrogen-bond acceptors (Lipinski definition) is 6. The Morgan fingerprint density at radius 2 is 1.13 bits per heavy atom. The quantitative estimate of drug-likeness (QED) is 0.176. The average molecular weight is 731 g/mol. The topological polar surface area (TPSA) is 61.0 Å². The summed E-state index contributed by atoms with van der Waals surface area (Å²) in [6, 6.07) is 31.2. The van der Waals surface area contributed by atoms with E-state index in [1.54, 1.807) is 14.2 Å². The fraction of sp³-hybridized carbons (Fsp3) is 0.265. The van der Waals surface area contributed by atoms with Crippen molar-refractivity contribution in [2.45, 2.75) is 71.2 Å². The van der Waals surface area contributed by atoms with Crippen LogP contribution in [-0.2, 0) is 0 Å². The van der Waals surface area contributed by atoms with Gasteiger partial charge in [0.05, 0.1) is 36.4 Å². The summed E-state index contributed by atoms with van der Waals surface area (Å²) in [5.41, 5.74) is 15.1. The van der Waals surface area contributed by atoms with Crippen LogP contribution in [0, 0.1) is 0 Å². The van der Waals surface area contributed by atoms with Gasteiger partial charge in [-0.25, -0.2) is 0 Å². The van der Waals surface area contributed by atoms with Gasteiger partial charge >= 0.3 is 0 Å². The Morgan fingerprint density at radius 3 is 1.65 bits per heavy atom. The molecule has 280 valence electrons. The van der Waals surface area contributed by atoms with Crippen LogP contribution in [0.1, 0.15) is 88.0 Å². The molecule has 0 radical (unpaired) electrons. The molecular weight excluding hydrogens is 681 g/mol. The lowest BCUT2D eigenvalue weighted by Gasteiger charge is -2.37. The zero-order valence-corrected chi connectivity index (χ0v) is 33.1. The molecule has 5 aromatic carbocycles. The van der Waals surface area contributed by atoms with Crippen molar-refractivity contribution in [3.05, 3.63) is 144 Å². The highest BCUT2D eigenvalue weighted by atomic mass is 16.5. The maximum atomic E-state index is 6.62. The number of allylic oxidation sites excluding steroid dienone is 2. The van der Waals surface area contributed by atoms with Gasteiger partial charge in [-0.1, -0.05) is 72.8 Å². The SMILES string of the molecule is C=CCC1Oc2cccc(OC)c2-c2ccc3c(c21)C(C)=CC(C)(C)N3.COc1cccc2c1-c1ccc3c(c1C(c1ccccc1)O2)C(C)=CC(C)(C)N3. The Labute approximate surface area is 325 Å². The Hall–Kier alpha value is -5.88. The summed E-state index contributed by atoms with van der Waals surface area (Å²) in [7, 11) is 3.42. The third kappa shape index (κ3) is 6.33. The van der Waals surface area contributed by atoms with Crippen LogP contribution in [0.3, 0.4) is 0 Å². The van der Waals surface area contributed by atoms with E-state index < -0.39 is 0 Å². The average Bonchev–Trinajstić information content (AvgIpc) is 3.16. The predicted octanol–water partition coefficient (Wildman–Crippen LogP) is 12.4. The van der Waals surface area contributed by atoms with Crippen molar-refractivity contribution in [1.29, 1.82) is 0 Å². The van der Waals surface area contributed by atoms with Crippen LogP contribution in [0.15, 0.2) is 116 Å². The van der Waals surface area contributed by atoms with Crippen molar-refractivity contribution < 1.29 is 18.9 Å². The first-order valence-corrected chi connectivity index (χ1v) is 19.1. The normalized spacial score (nSPS) is 18.7. The van der Waals surface area contributed by atoms with Gasteiger partial charge in [-0.3, -0.25) is 0 Å². The zero-order valence-electron chi connectivity index (χ0n) is 33.1. The molecule has 0 aliphatic carbocycles. The van der Waals surface area contributed by atoms with E-state index in [2.05, 4.69) is 119 Å². The van der Waals surface area contributed by atoms with E-state index in [0.29, 0.717) is 0 Å². The summed E-state index contributed by atoms with van der Waals surface area (Å²) in [5.74, 6) is 3.40. The van der Waals surface area contributed by atoms with Crippen molar-refractivity contribution in [2.24, 2.45) is 0 Å². The molecule has 4 aliphatic rings. The number of anilines is 2. The zero-order chi connectivity index (χ0) is 38.6. The maximum Gasteiger partial charge on any atom is 0.150 e. The number of benzene rings is 5. The van der Waals surface area contributed by atoms with Gasteiger partial charge in [-0.05, 0) is 106 Å². The highest BCUT2D eigenvalue weighted by molar-refractivity contribution is 5.93. The second-order valence-corrected chi connectivity index (χ2v) is 16.0. The third-order valence-electron chi connectivity index (χ3n) is 10.9. The molecule has 0 fully saturated rings. The van der Waals surface area contributed by atoms with Gasteiger partial charge in [-0.2, -0.15) is 0 Å². The molecular formula is C49H50N2O4. The van der Waals surface area contributed by atoms with E-state index in [1.807, 2.05) is 48.5 Å². The van der Waals surface area contributed by atoms with Crippen molar-refractivity contribution >= 4 is 22.5 Å². The summed E-state index contributed by atoms with van der Waals surface area (Å²) in [6.45, 7) is 17.1. The summed E-state index contributed by atoms with van der Waals surface area (Å²) in [6.07, 6.45) is 7.05. The van der Waals surface area contributed by atoms with Crippen LogP contribution in [-0.4, -0.2) is 25.3 Å². The molecule has 6 heteroatoms. The number of nitrogens with one attached hydrogen (secondary N) is 2. The molecule has 0 saturated heterocycles. The van der Waals surface area contributed by atoms with E-state index in [-0.39, 0.29) is 23.3 Å². The minimum Gasteiger partial charge on any atom is -0.496 e. The fourth-order valence-corrected chi connectivity index (χ4v) is 9.00. The largest absolute Gasteiger partial charge is 0.496 e. The molecule has 6 nitrogen and oxygen atoms in total. The van der Waals surface area contributed by atoms with Crippen molar-refractivity contribution in [1.82, 2.24) is 0 Å². The summed E-state index contributed by atoms with van der Waals surface area (Å²) < 4.78 is 24.4. The Kier molecular flexibility index (Phi) is 9.03. The molecule has 55 heavy (non-hydrogen) atoms. The fourth-order valence-electron chi connectivity index (χ4n) is 9.00. The standard InChI is InChI=1S/C26H25NO2.C23H25NO2/c1-16-15-26(2,3)27-19-14-13-18-23-20(28-4)11-8-12-21(23)29-25(24(18)22(16)19)17-9-6-5-7-10-17;1-6-8-18-22-15(21-17(25-5)9-7-10-19(21)26-18)11-12-16-20(22)14(2)13-23(3,4)24-16/h5-15,25,27H,1-4H3;6-7,9-13,18,24H,1,8H2,2-5H3. The summed E-state index contributed by atoms with van der Waals surface area (Å²) >= 11 is 0. The number of ether oxygens (including phenoxy) is 4. The lowest BCUT2D eigenvalue weighted by atomic mass is 9.80. The molecule has 0 saturated carbocycles.